The lowest BCUT2D eigenvalue weighted by atomic mass is 9.72. The van der Waals surface area contributed by atoms with E-state index in [2.05, 4.69) is 34.7 Å². The number of fused-ring (bicyclic) bond motifs is 6. The first kappa shape index (κ1) is 31.7. The van der Waals surface area contributed by atoms with Crippen molar-refractivity contribution in [1.82, 2.24) is 30.7 Å². The summed E-state index contributed by atoms with van der Waals surface area (Å²) in [6.45, 7) is 7.47. The molecule has 7 fully saturated rings. The second-order valence-electron chi connectivity index (χ2n) is 15.0. The minimum absolute atomic E-state index is 0.0340. The van der Waals surface area contributed by atoms with Crippen molar-refractivity contribution in [3.63, 3.8) is 0 Å². The van der Waals surface area contributed by atoms with Gasteiger partial charge in [-0.25, -0.2) is 13.6 Å². The zero-order valence-electron chi connectivity index (χ0n) is 26.8. The molecule has 0 aromatic rings. The van der Waals surface area contributed by atoms with E-state index in [0.29, 0.717) is 32.0 Å². The summed E-state index contributed by atoms with van der Waals surface area (Å²) >= 11 is 0. The van der Waals surface area contributed by atoms with Crippen LogP contribution in [0.15, 0.2) is 12.2 Å². The van der Waals surface area contributed by atoms with Gasteiger partial charge in [-0.05, 0) is 69.7 Å². The lowest BCUT2D eigenvalue weighted by Crippen LogP contribution is -2.80. The number of likely N-dealkylation sites (tertiary alicyclic amines) is 2. The maximum atomic E-state index is 16.6. The van der Waals surface area contributed by atoms with Crippen LogP contribution >= 0.6 is 0 Å². The predicted octanol–water partition coefficient (Wildman–Crippen LogP) is 2.10. The third-order valence-electron chi connectivity index (χ3n) is 12.3. The molecule has 7 aliphatic rings. The fourth-order valence-corrected chi connectivity index (χ4v) is 10.2. The molecule has 0 spiro atoms. The molecule has 12 heteroatoms. The first-order valence-corrected chi connectivity index (χ1v) is 17.7. The lowest BCUT2D eigenvalue weighted by molar-refractivity contribution is -0.141. The van der Waals surface area contributed by atoms with Crippen molar-refractivity contribution >= 4 is 11.9 Å². The van der Waals surface area contributed by atoms with E-state index in [9.17, 15) is 9.59 Å². The number of nitrogens with zero attached hydrogens (tertiary/aromatic N) is 3. The van der Waals surface area contributed by atoms with Crippen LogP contribution in [0.2, 0.25) is 0 Å². The Morgan fingerprint density at radius 2 is 1.93 bits per heavy atom. The van der Waals surface area contributed by atoms with Crippen molar-refractivity contribution in [2.45, 2.75) is 126 Å². The van der Waals surface area contributed by atoms with Crippen molar-refractivity contribution in [1.29, 1.82) is 0 Å². The molecule has 6 saturated heterocycles. The number of hydrogen-bond donors (Lipinski definition) is 4. The van der Waals surface area contributed by atoms with Gasteiger partial charge in [-0.1, -0.05) is 19.9 Å². The zero-order valence-corrected chi connectivity index (χ0v) is 26.8. The van der Waals surface area contributed by atoms with Crippen LogP contribution in [0, 0.1) is 23.7 Å². The van der Waals surface area contributed by atoms with Crippen LogP contribution in [0.25, 0.3) is 0 Å². The first-order valence-electron chi connectivity index (χ1n) is 17.7. The second kappa shape index (κ2) is 13.0. The van der Waals surface area contributed by atoms with Gasteiger partial charge in [0, 0.05) is 62.3 Å². The Labute approximate surface area is 266 Å². The zero-order chi connectivity index (χ0) is 31.4. The number of rotatable bonds is 4. The summed E-state index contributed by atoms with van der Waals surface area (Å²) in [5, 5.41) is 10.8. The number of amides is 3. The van der Waals surface area contributed by atoms with Crippen LogP contribution in [0.3, 0.4) is 0 Å². The Morgan fingerprint density at radius 3 is 2.73 bits per heavy atom. The summed E-state index contributed by atoms with van der Waals surface area (Å²) in [7, 11) is 0. The van der Waals surface area contributed by atoms with Gasteiger partial charge in [0.25, 0.3) is 0 Å². The molecule has 0 aromatic heterocycles. The van der Waals surface area contributed by atoms with Crippen LogP contribution in [-0.2, 0) is 9.53 Å². The number of hydrogen-bond acceptors (Lipinski definition) is 7. The van der Waals surface area contributed by atoms with Crippen LogP contribution in [0.4, 0.5) is 13.6 Å². The highest BCUT2D eigenvalue weighted by Gasteiger charge is 2.60. The summed E-state index contributed by atoms with van der Waals surface area (Å²) in [5.41, 5.74) is 5.56. The largest absolute Gasteiger partial charge is 0.378 e. The van der Waals surface area contributed by atoms with Crippen LogP contribution in [-0.4, -0.2) is 120 Å². The van der Waals surface area contributed by atoms with E-state index >= 15 is 8.78 Å². The molecule has 5 N–H and O–H groups in total. The third-order valence-corrected chi connectivity index (χ3v) is 12.3. The number of alkyl halides is 2. The standard InChI is InChI=1S/C33H53F2N7O3/c1-18(2)28-30-19(10-13-37-28)6-5-15-45-25-8-3-7-21(34)27(25)29-22(35)16-20-31(39-33(44)42(30)32(20)38-29)40-14-11-23-24(40)17-41(23)26(43)9-4-12-36/h4,9,18-25,27-32,37-38H,3,5-8,10-17,36H2,1-2H3,(H,39,44)/b9-4+. The van der Waals surface area contributed by atoms with Crippen LogP contribution in [0.1, 0.15) is 65.2 Å². The summed E-state index contributed by atoms with van der Waals surface area (Å²) < 4.78 is 38.7. The highest BCUT2D eigenvalue weighted by molar-refractivity contribution is 5.88. The Bertz CT molecular complexity index is 1130. The molecule has 1 aliphatic carbocycles. The molecule has 0 radical (unpaired) electrons. The van der Waals surface area contributed by atoms with Crippen LogP contribution in [0.5, 0.6) is 0 Å². The van der Waals surface area contributed by atoms with Crippen LogP contribution < -0.4 is 21.7 Å². The number of carbonyl (C=O) groups is 2. The number of halogens is 2. The number of urea groups is 1. The predicted molar refractivity (Wildman–Crippen MR) is 166 cm³/mol. The lowest BCUT2D eigenvalue weighted by Gasteiger charge is -2.60. The van der Waals surface area contributed by atoms with E-state index in [1.807, 2.05) is 9.80 Å². The van der Waals surface area contributed by atoms with Crippen molar-refractivity contribution in [2.75, 3.05) is 32.8 Å². The Balaban J connectivity index is 1.22. The highest BCUT2D eigenvalue weighted by Crippen LogP contribution is 2.45. The van der Waals surface area contributed by atoms with Gasteiger partial charge in [-0.2, -0.15) is 0 Å². The van der Waals surface area contributed by atoms with E-state index < -0.39 is 30.5 Å². The molecule has 3 amide bonds. The van der Waals surface area contributed by atoms with Gasteiger partial charge in [0.15, 0.2) is 0 Å². The van der Waals surface area contributed by atoms with Crippen molar-refractivity contribution in [3.8, 4) is 0 Å². The minimum Gasteiger partial charge on any atom is -0.378 e. The smallest absolute Gasteiger partial charge is 0.320 e. The second-order valence-corrected chi connectivity index (χ2v) is 15.0. The quantitative estimate of drug-likeness (QED) is 0.351. The molecule has 13 atom stereocenters. The van der Waals surface area contributed by atoms with E-state index in [1.54, 1.807) is 12.2 Å². The van der Waals surface area contributed by atoms with E-state index in [-0.39, 0.29) is 66.6 Å². The van der Waals surface area contributed by atoms with Gasteiger partial charge in [-0.3, -0.25) is 15.0 Å². The first-order chi connectivity index (χ1) is 21.8. The molecule has 7 rings (SSSR count). The highest BCUT2D eigenvalue weighted by atomic mass is 19.1. The minimum atomic E-state index is -1.26. The summed E-state index contributed by atoms with van der Waals surface area (Å²) in [6, 6.07) is -0.638. The maximum absolute atomic E-state index is 16.6. The summed E-state index contributed by atoms with van der Waals surface area (Å²) in [4.78, 5) is 33.4. The van der Waals surface area contributed by atoms with Crippen molar-refractivity contribution in [2.24, 2.45) is 29.4 Å². The normalized spacial score (nSPS) is 45.6. The Morgan fingerprint density at radius 1 is 1.09 bits per heavy atom. The number of carbonyl (C=O) groups excluding carboxylic acids is 2. The number of piperidine rings is 2. The Hall–Kier alpha value is -1.86. The maximum Gasteiger partial charge on any atom is 0.320 e. The number of nitrogens with one attached hydrogen (secondary N) is 3. The summed E-state index contributed by atoms with van der Waals surface area (Å²) in [5.74, 6) is -0.261. The summed E-state index contributed by atoms with van der Waals surface area (Å²) in [6.07, 6.45) is 5.43. The monoisotopic (exact) mass is 633 g/mol. The van der Waals surface area contributed by atoms with Gasteiger partial charge in [0.1, 0.15) is 12.3 Å². The fourth-order valence-electron chi connectivity index (χ4n) is 10.2. The molecule has 13 unspecified atom stereocenters. The van der Waals surface area contributed by atoms with E-state index in [1.165, 1.54) is 0 Å². The topological polar surface area (TPSA) is 115 Å². The molecule has 45 heavy (non-hydrogen) atoms. The van der Waals surface area contributed by atoms with Crippen molar-refractivity contribution in [3.05, 3.63) is 12.2 Å². The Kier molecular flexibility index (Phi) is 9.15. The molecular weight excluding hydrogens is 580 g/mol. The van der Waals surface area contributed by atoms with Crippen molar-refractivity contribution < 1.29 is 23.1 Å². The van der Waals surface area contributed by atoms with Gasteiger partial charge in [-0.15, -0.1) is 0 Å². The molecule has 6 aliphatic heterocycles. The average molecular weight is 634 g/mol. The van der Waals surface area contributed by atoms with E-state index in [0.717, 1.165) is 51.6 Å². The SMILES string of the molecule is CC(C)C1NCCC2CCCOC3CCCC(F)C3C3NC4C(CC3F)C(N3CCC5C3CN5C(=O)/C=C/CN)NC(=O)N4C21. The number of nitrogens with two attached hydrogens (primary N) is 1. The molecule has 1 saturated carbocycles. The average Bonchev–Trinajstić information content (AvgIpc) is 3.32. The molecule has 10 nitrogen and oxygen atoms in total. The molecule has 2 bridgehead atoms. The van der Waals surface area contributed by atoms with Gasteiger partial charge in [0.2, 0.25) is 5.91 Å². The molecule has 252 valence electrons. The number of ether oxygens (including phenoxy) is 1. The third kappa shape index (κ3) is 5.60. The van der Waals surface area contributed by atoms with Gasteiger partial charge in [0.05, 0.1) is 30.5 Å². The molecular formula is C33H53F2N7O3. The van der Waals surface area contributed by atoms with Gasteiger partial charge >= 0.3 is 6.03 Å². The van der Waals surface area contributed by atoms with E-state index in [4.69, 9.17) is 10.5 Å². The molecule has 0 aromatic carbocycles. The fraction of sp³-hybridized carbons (Fsp3) is 0.879. The molecule has 6 heterocycles. The van der Waals surface area contributed by atoms with Gasteiger partial charge < -0.3 is 30.9 Å².